The molecule has 1 aliphatic carbocycles. The standard InChI is InChI=1S/C23H22F2OS/c1-15-6-13-21(27-15)18-9-7-17(8-10-18)19-11-12-20(23(25)22(19)24)26-14-16-4-2-3-5-16/h6-13,16H,2-5,14H2,1H3. The number of ether oxygens (including phenoxy) is 1. The number of halogens is 2. The summed E-state index contributed by atoms with van der Waals surface area (Å²) in [6.07, 6.45) is 4.62. The molecule has 1 heterocycles. The van der Waals surface area contributed by atoms with Crippen LogP contribution in [0.15, 0.2) is 48.5 Å². The highest BCUT2D eigenvalue weighted by Gasteiger charge is 2.19. The van der Waals surface area contributed by atoms with Gasteiger partial charge in [0.1, 0.15) is 0 Å². The number of rotatable bonds is 5. The summed E-state index contributed by atoms with van der Waals surface area (Å²) in [6, 6.07) is 14.9. The molecular formula is C23H22F2OS. The Morgan fingerprint density at radius 2 is 1.59 bits per heavy atom. The summed E-state index contributed by atoms with van der Waals surface area (Å²) >= 11 is 1.72. The Balaban J connectivity index is 1.53. The lowest BCUT2D eigenvalue weighted by Gasteiger charge is -2.13. The average Bonchev–Trinajstić information content (AvgIpc) is 3.35. The predicted molar refractivity (Wildman–Crippen MR) is 107 cm³/mol. The van der Waals surface area contributed by atoms with Gasteiger partial charge in [0.05, 0.1) is 6.61 Å². The smallest absolute Gasteiger partial charge is 0.201 e. The highest BCUT2D eigenvalue weighted by molar-refractivity contribution is 7.15. The van der Waals surface area contributed by atoms with E-state index in [4.69, 9.17) is 4.74 Å². The molecule has 1 aromatic heterocycles. The van der Waals surface area contributed by atoms with Crippen LogP contribution in [0.5, 0.6) is 5.75 Å². The number of hydrogen-bond donors (Lipinski definition) is 0. The van der Waals surface area contributed by atoms with E-state index in [9.17, 15) is 8.78 Å². The minimum Gasteiger partial charge on any atom is -0.490 e. The predicted octanol–water partition coefficient (Wildman–Crippen LogP) is 7.24. The van der Waals surface area contributed by atoms with Gasteiger partial charge < -0.3 is 4.74 Å². The summed E-state index contributed by atoms with van der Waals surface area (Å²) in [7, 11) is 0. The monoisotopic (exact) mass is 384 g/mol. The van der Waals surface area contributed by atoms with Gasteiger partial charge in [-0.3, -0.25) is 0 Å². The van der Waals surface area contributed by atoms with Crippen molar-refractivity contribution in [1.82, 2.24) is 0 Å². The quantitative estimate of drug-likeness (QED) is 0.450. The van der Waals surface area contributed by atoms with Crippen LogP contribution < -0.4 is 4.74 Å². The van der Waals surface area contributed by atoms with Gasteiger partial charge in [0.15, 0.2) is 11.6 Å². The third-order valence-corrected chi connectivity index (χ3v) is 6.27. The molecule has 1 nitrogen and oxygen atoms in total. The SMILES string of the molecule is Cc1ccc(-c2ccc(-c3ccc(OCC4CCCC4)c(F)c3F)cc2)s1. The fourth-order valence-corrected chi connectivity index (χ4v) is 4.53. The molecule has 0 saturated heterocycles. The zero-order valence-corrected chi connectivity index (χ0v) is 16.1. The van der Waals surface area contributed by atoms with Crippen LogP contribution in [-0.4, -0.2) is 6.61 Å². The van der Waals surface area contributed by atoms with Crippen molar-refractivity contribution >= 4 is 11.3 Å². The van der Waals surface area contributed by atoms with Gasteiger partial charge in [-0.1, -0.05) is 37.1 Å². The molecule has 27 heavy (non-hydrogen) atoms. The highest BCUT2D eigenvalue weighted by Crippen LogP contribution is 2.33. The van der Waals surface area contributed by atoms with Crippen LogP contribution in [0, 0.1) is 24.5 Å². The Labute approximate surface area is 162 Å². The Kier molecular flexibility index (Phi) is 5.26. The molecular weight excluding hydrogens is 362 g/mol. The molecule has 0 radical (unpaired) electrons. The third kappa shape index (κ3) is 3.91. The molecule has 1 aliphatic rings. The molecule has 4 heteroatoms. The number of benzene rings is 2. The molecule has 4 rings (SSSR count). The van der Waals surface area contributed by atoms with Gasteiger partial charge in [0, 0.05) is 15.3 Å². The van der Waals surface area contributed by atoms with Crippen LogP contribution in [0.4, 0.5) is 8.78 Å². The summed E-state index contributed by atoms with van der Waals surface area (Å²) in [5.41, 5.74) is 2.00. The molecule has 140 valence electrons. The molecule has 1 saturated carbocycles. The lowest BCUT2D eigenvalue weighted by molar-refractivity contribution is 0.239. The van der Waals surface area contributed by atoms with Crippen molar-refractivity contribution in [3.8, 4) is 27.3 Å². The number of hydrogen-bond acceptors (Lipinski definition) is 2. The van der Waals surface area contributed by atoms with Crippen molar-refractivity contribution in [2.45, 2.75) is 32.6 Å². The largest absolute Gasteiger partial charge is 0.490 e. The van der Waals surface area contributed by atoms with Gasteiger partial charge in [-0.15, -0.1) is 11.3 Å². The average molecular weight is 384 g/mol. The lowest BCUT2D eigenvalue weighted by Crippen LogP contribution is -2.09. The molecule has 0 spiro atoms. The molecule has 0 atom stereocenters. The Bertz CT molecular complexity index is 924. The van der Waals surface area contributed by atoms with Crippen molar-refractivity contribution in [3.05, 3.63) is 65.0 Å². The van der Waals surface area contributed by atoms with E-state index in [1.54, 1.807) is 23.5 Å². The zero-order chi connectivity index (χ0) is 18.8. The maximum atomic E-state index is 14.6. The first kappa shape index (κ1) is 18.2. The fourth-order valence-electron chi connectivity index (χ4n) is 3.65. The Hall–Kier alpha value is -2.20. The normalized spacial score (nSPS) is 14.6. The van der Waals surface area contributed by atoms with E-state index in [-0.39, 0.29) is 11.3 Å². The summed E-state index contributed by atoms with van der Waals surface area (Å²) in [5, 5.41) is 0. The van der Waals surface area contributed by atoms with Crippen molar-refractivity contribution in [2.24, 2.45) is 5.92 Å². The maximum absolute atomic E-state index is 14.6. The number of thiophene rings is 1. The lowest BCUT2D eigenvalue weighted by atomic mass is 10.0. The van der Waals surface area contributed by atoms with E-state index in [1.807, 2.05) is 24.3 Å². The van der Waals surface area contributed by atoms with Gasteiger partial charge in [0.2, 0.25) is 5.82 Å². The molecule has 0 N–H and O–H groups in total. The molecule has 0 unspecified atom stereocenters. The van der Waals surface area contributed by atoms with E-state index in [1.165, 1.54) is 22.6 Å². The number of aryl methyl sites for hydroxylation is 1. The first-order valence-electron chi connectivity index (χ1n) is 9.40. The van der Waals surface area contributed by atoms with Crippen molar-refractivity contribution in [3.63, 3.8) is 0 Å². The van der Waals surface area contributed by atoms with Crippen LogP contribution in [0.1, 0.15) is 30.6 Å². The molecule has 0 bridgehead atoms. The first-order chi connectivity index (χ1) is 13.1. The van der Waals surface area contributed by atoms with E-state index < -0.39 is 11.6 Å². The second-order valence-electron chi connectivity index (χ2n) is 7.19. The molecule has 1 fully saturated rings. The first-order valence-corrected chi connectivity index (χ1v) is 10.2. The minimum absolute atomic E-state index is 0.00818. The van der Waals surface area contributed by atoms with E-state index in [0.717, 1.165) is 18.4 Å². The van der Waals surface area contributed by atoms with Crippen LogP contribution in [0.2, 0.25) is 0 Å². The molecule has 0 aliphatic heterocycles. The Morgan fingerprint density at radius 1 is 0.889 bits per heavy atom. The highest BCUT2D eigenvalue weighted by atomic mass is 32.1. The van der Waals surface area contributed by atoms with Gasteiger partial charge in [0.25, 0.3) is 0 Å². The molecule has 3 aromatic rings. The van der Waals surface area contributed by atoms with Crippen molar-refractivity contribution in [1.29, 1.82) is 0 Å². The van der Waals surface area contributed by atoms with Gasteiger partial charge in [-0.05, 0) is 61.1 Å². The summed E-state index contributed by atoms with van der Waals surface area (Å²) in [5.74, 6) is -1.28. The second-order valence-corrected chi connectivity index (χ2v) is 8.48. The van der Waals surface area contributed by atoms with Crippen LogP contribution in [-0.2, 0) is 0 Å². The summed E-state index contributed by atoms with van der Waals surface area (Å²) in [4.78, 5) is 2.41. The van der Waals surface area contributed by atoms with E-state index >= 15 is 0 Å². The van der Waals surface area contributed by atoms with Crippen LogP contribution >= 0.6 is 11.3 Å². The molecule has 2 aromatic carbocycles. The van der Waals surface area contributed by atoms with Crippen molar-refractivity contribution < 1.29 is 13.5 Å². The Morgan fingerprint density at radius 3 is 2.26 bits per heavy atom. The van der Waals surface area contributed by atoms with Gasteiger partial charge >= 0.3 is 0 Å². The van der Waals surface area contributed by atoms with Crippen LogP contribution in [0.25, 0.3) is 21.6 Å². The minimum atomic E-state index is -0.900. The fraction of sp³-hybridized carbons (Fsp3) is 0.304. The van der Waals surface area contributed by atoms with Crippen molar-refractivity contribution in [2.75, 3.05) is 6.61 Å². The zero-order valence-electron chi connectivity index (χ0n) is 15.3. The summed E-state index contributed by atoms with van der Waals surface area (Å²) < 4.78 is 34.7. The molecule has 0 amide bonds. The third-order valence-electron chi connectivity index (χ3n) is 5.22. The van der Waals surface area contributed by atoms with Gasteiger partial charge in [-0.2, -0.15) is 4.39 Å². The summed E-state index contributed by atoms with van der Waals surface area (Å²) in [6.45, 7) is 2.53. The van der Waals surface area contributed by atoms with E-state index in [0.29, 0.717) is 18.1 Å². The van der Waals surface area contributed by atoms with Gasteiger partial charge in [-0.25, -0.2) is 4.39 Å². The topological polar surface area (TPSA) is 9.23 Å². The van der Waals surface area contributed by atoms with Crippen LogP contribution in [0.3, 0.4) is 0 Å². The maximum Gasteiger partial charge on any atom is 0.201 e. The second kappa shape index (κ2) is 7.81. The van der Waals surface area contributed by atoms with E-state index in [2.05, 4.69) is 19.1 Å².